The third-order valence-corrected chi connectivity index (χ3v) is 4.70. The largest absolute Gasteiger partial charge is 0.457 e. The van der Waals surface area contributed by atoms with E-state index in [9.17, 15) is 23.3 Å². The number of halogens is 3. The number of nitrogens with one attached hydrogen (secondary N) is 1. The van der Waals surface area contributed by atoms with Crippen molar-refractivity contribution in [1.29, 1.82) is 0 Å². The number of pyridine rings is 1. The molecule has 0 radical (unpaired) electrons. The number of hydrogen-bond donors (Lipinski definition) is 2. The third kappa shape index (κ3) is 6.32. The molecule has 0 aliphatic rings. The maximum absolute atomic E-state index is 12.8. The fraction of sp³-hybridized carbons (Fsp3) is 0.0417. The Hall–Kier alpha value is -5.00. The van der Waals surface area contributed by atoms with Crippen LogP contribution >= 0.6 is 0 Å². The second-order valence-electron chi connectivity index (χ2n) is 7.34. The third-order valence-electron chi connectivity index (χ3n) is 4.70. The predicted molar refractivity (Wildman–Crippen MR) is 128 cm³/mol. The van der Waals surface area contributed by atoms with Crippen LogP contribution < -0.4 is 15.8 Å². The van der Waals surface area contributed by atoms with Crippen LogP contribution in [0.2, 0.25) is 0 Å². The highest BCUT2D eigenvalue weighted by Gasteiger charge is 2.32. The van der Waals surface area contributed by atoms with Crippen molar-refractivity contribution in [3.63, 3.8) is 0 Å². The van der Waals surface area contributed by atoms with Gasteiger partial charge in [0.25, 0.3) is 5.69 Å². The number of benzene rings is 2. The van der Waals surface area contributed by atoms with E-state index >= 15 is 0 Å². The van der Waals surface area contributed by atoms with E-state index in [1.165, 1.54) is 18.2 Å². The molecule has 0 spiro atoms. The molecule has 0 saturated heterocycles. The van der Waals surface area contributed by atoms with E-state index in [1.807, 2.05) is 0 Å². The molecule has 2 heterocycles. The molecule has 182 valence electrons. The van der Waals surface area contributed by atoms with Crippen LogP contribution in [-0.2, 0) is 6.18 Å². The Morgan fingerprint density at radius 3 is 2.33 bits per heavy atom. The summed E-state index contributed by atoms with van der Waals surface area (Å²) in [7, 11) is 0. The number of hydrogen-bond acceptors (Lipinski definition) is 8. The van der Waals surface area contributed by atoms with E-state index < -0.39 is 16.8 Å². The summed E-state index contributed by atoms with van der Waals surface area (Å²) in [5.74, 6) is 0.768. The molecule has 2 aromatic carbocycles. The molecule has 12 heteroatoms. The first kappa shape index (κ1) is 24.1. The molecule has 0 aliphatic carbocycles. The Balaban J connectivity index is 1.44. The predicted octanol–water partition coefficient (Wildman–Crippen LogP) is 6.09. The monoisotopic (exact) mass is 494 g/mol. The van der Waals surface area contributed by atoms with Gasteiger partial charge in [-0.2, -0.15) is 18.2 Å². The van der Waals surface area contributed by atoms with Crippen LogP contribution in [-0.4, -0.2) is 19.9 Å². The Kier molecular flexibility index (Phi) is 6.77. The van der Waals surface area contributed by atoms with Gasteiger partial charge in [0.15, 0.2) is 0 Å². The summed E-state index contributed by atoms with van der Waals surface area (Å²) in [6, 6.07) is 16.3. The van der Waals surface area contributed by atoms with Gasteiger partial charge in [-0.1, -0.05) is 6.08 Å². The molecule has 0 fully saturated rings. The number of nitrogen functional groups attached to an aromatic ring is 1. The van der Waals surface area contributed by atoms with Crippen LogP contribution in [0.25, 0.3) is 12.2 Å². The molecule has 2 aromatic heterocycles. The highest BCUT2D eigenvalue weighted by molar-refractivity contribution is 5.71. The number of nitro benzene ring substituents is 1. The minimum atomic E-state index is -4.57. The minimum Gasteiger partial charge on any atom is -0.457 e. The van der Waals surface area contributed by atoms with Crippen molar-refractivity contribution < 1.29 is 22.8 Å². The summed E-state index contributed by atoms with van der Waals surface area (Å²) < 4.78 is 44.0. The van der Waals surface area contributed by atoms with Crippen LogP contribution in [0.1, 0.15) is 17.0 Å². The number of anilines is 3. The molecule has 9 nitrogen and oxygen atoms in total. The van der Waals surface area contributed by atoms with Gasteiger partial charge in [0.2, 0.25) is 5.95 Å². The van der Waals surface area contributed by atoms with E-state index in [2.05, 4.69) is 20.3 Å². The van der Waals surface area contributed by atoms with Gasteiger partial charge in [0.1, 0.15) is 23.0 Å². The molecule has 0 aliphatic heterocycles. The molecule has 0 amide bonds. The highest BCUT2D eigenvalue weighted by Crippen LogP contribution is 2.31. The Morgan fingerprint density at radius 1 is 0.944 bits per heavy atom. The lowest BCUT2D eigenvalue weighted by atomic mass is 10.2. The molecule has 4 aromatic rings. The number of nitrogens with zero attached hydrogens (tertiary/aromatic N) is 4. The van der Waals surface area contributed by atoms with E-state index in [4.69, 9.17) is 10.5 Å². The summed E-state index contributed by atoms with van der Waals surface area (Å²) >= 11 is 0. The van der Waals surface area contributed by atoms with Crippen LogP contribution in [0.15, 0.2) is 72.9 Å². The van der Waals surface area contributed by atoms with Crippen molar-refractivity contribution in [2.24, 2.45) is 0 Å². The van der Waals surface area contributed by atoms with Gasteiger partial charge in [0, 0.05) is 36.1 Å². The number of alkyl halides is 3. The van der Waals surface area contributed by atoms with E-state index in [0.717, 1.165) is 17.8 Å². The first-order valence-corrected chi connectivity index (χ1v) is 10.3. The van der Waals surface area contributed by atoms with Gasteiger partial charge in [-0.15, -0.1) is 0 Å². The summed E-state index contributed by atoms with van der Waals surface area (Å²) in [6.07, 6.45) is -0.125. The number of nitro groups is 1. The summed E-state index contributed by atoms with van der Waals surface area (Å²) in [5.41, 5.74) is 6.62. The molecular formula is C24H17F3N6O3. The standard InChI is InChI=1S/C24H17F3N6O3/c25-24(26,27)21-14-20(11-12-29-21)36-19-9-5-16(6-10-19)30-22-13-17(31-23(28)32-22)4-1-15-2-7-18(8-3-15)33(34)35/h1-14H,(H3,28,30,31,32). The molecule has 0 unspecified atom stereocenters. The normalized spacial score (nSPS) is 11.4. The van der Waals surface area contributed by atoms with Gasteiger partial charge in [-0.3, -0.25) is 15.1 Å². The smallest absolute Gasteiger partial charge is 0.433 e. The van der Waals surface area contributed by atoms with E-state index in [0.29, 0.717) is 22.9 Å². The van der Waals surface area contributed by atoms with Crippen LogP contribution in [0.4, 0.5) is 36.3 Å². The molecular weight excluding hydrogens is 477 g/mol. The lowest BCUT2D eigenvalue weighted by Gasteiger charge is -2.10. The molecule has 0 atom stereocenters. The van der Waals surface area contributed by atoms with Crippen molar-refractivity contribution >= 4 is 35.3 Å². The van der Waals surface area contributed by atoms with Gasteiger partial charge in [-0.05, 0) is 54.1 Å². The second-order valence-corrected chi connectivity index (χ2v) is 7.34. The lowest BCUT2D eigenvalue weighted by molar-refractivity contribution is -0.384. The maximum atomic E-state index is 12.8. The molecule has 36 heavy (non-hydrogen) atoms. The van der Waals surface area contributed by atoms with E-state index in [-0.39, 0.29) is 17.4 Å². The number of non-ortho nitro benzene ring substituents is 1. The zero-order valence-electron chi connectivity index (χ0n) is 18.3. The Bertz CT molecular complexity index is 1410. The lowest BCUT2D eigenvalue weighted by Crippen LogP contribution is -2.07. The first-order chi connectivity index (χ1) is 17.2. The first-order valence-electron chi connectivity index (χ1n) is 10.3. The van der Waals surface area contributed by atoms with Gasteiger partial charge in [-0.25, -0.2) is 4.98 Å². The number of aromatic nitrogens is 3. The van der Waals surface area contributed by atoms with Crippen LogP contribution in [0, 0.1) is 10.1 Å². The average molecular weight is 494 g/mol. The number of ether oxygens (including phenoxy) is 1. The summed E-state index contributed by atoms with van der Waals surface area (Å²) in [4.78, 5) is 21.9. The number of nitrogens with two attached hydrogens (primary N) is 1. The zero-order chi connectivity index (χ0) is 25.7. The highest BCUT2D eigenvalue weighted by atomic mass is 19.4. The topological polar surface area (TPSA) is 129 Å². The summed E-state index contributed by atoms with van der Waals surface area (Å²) in [6.45, 7) is 0. The van der Waals surface area contributed by atoms with Crippen LogP contribution in [0.5, 0.6) is 11.5 Å². The van der Waals surface area contributed by atoms with Gasteiger partial charge in [0.05, 0.1) is 10.6 Å². The molecule has 0 saturated carbocycles. The van der Waals surface area contributed by atoms with Crippen molar-refractivity contribution in [2.75, 3.05) is 11.1 Å². The molecule has 3 N–H and O–H groups in total. The SMILES string of the molecule is Nc1nc(C=Cc2ccc([N+](=O)[O-])cc2)cc(Nc2ccc(Oc3ccnc(C(F)(F)F)c3)cc2)n1. The summed E-state index contributed by atoms with van der Waals surface area (Å²) in [5, 5.41) is 13.8. The Labute approximate surface area is 202 Å². The van der Waals surface area contributed by atoms with Crippen molar-refractivity contribution in [1.82, 2.24) is 15.0 Å². The maximum Gasteiger partial charge on any atom is 0.433 e. The second kappa shape index (κ2) is 10.1. The fourth-order valence-corrected chi connectivity index (χ4v) is 3.04. The van der Waals surface area contributed by atoms with Crippen LogP contribution in [0.3, 0.4) is 0 Å². The molecule has 4 rings (SSSR count). The fourth-order valence-electron chi connectivity index (χ4n) is 3.04. The average Bonchev–Trinajstić information content (AvgIpc) is 2.83. The van der Waals surface area contributed by atoms with Crippen molar-refractivity contribution in [3.8, 4) is 11.5 Å². The zero-order valence-corrected chi connectivity index (χ0v) is 18.3. The quantitative estimate of drug-likeness (QED) is 0.233. The minimum absolute atomic E-state index is 0.00561. The van der Waals surface area contributed by atoms with Crippen molar-refractivity contribution in [3.05, 3.63) is 100.0 Å². The van der Waals surface area contributed by atoms with Crippen molar-refractivity contribution in [2.45, 2.75) is 6.18 Å². The number of rotatable bonds is 7. The van der Waals surface area contributed by atoms with Gasteiger partial charge >= 0.3 is 6.18 Å². The Morgan fingerprint density at radius 2 is 1.67 bits per heavy atom. The van der Waals surface area contributed by atoms with E-state index in [1.54, 1.807) is 54.6 Å². The molecule has 0 bridgehead atoms. The van der Waals surface area contributed by atoms with Gasteiger partial charge < -0.3 is 15.8 Å².